The van der Waals surface area contributed by atoms with Gasteiger partial charge in [-0.15, -0.1) is 0 Å². The fourth-order valence-corrected chi connectivity index (χ4v) is 2.84. The van der Waals surface area contributed by atoms with Crippen molar-refractivity contribution in [2.75, 3.05) is 12.1 Å². The van der Waals surface area contributed by atoms with Gasteiger partial charge in [0.15, 0.2) is 11.5 Å². The van der Waals surface area contributed by atoms with Crippen LogP contribution in [0.5, 0.6) is 11.5 Å². The van der Waals surface area contributed by atoms with Crippen molar-refractivity contribution in [1.29, 1.82) is 0 Å². The van der Waals surface area contributed by atoms with Crippen molar-refractivity contribution in [3.05, 3.63) is 89.0 Å². The van der Waals surface area contributed by atoms with Crippen LogP contribution in [-0.4, -0.2) is 24.8 Å². The van der Waals surface area contributed by atoms with Gasteiger partial charge in [-0.05, 0) is 67.1 Å². The predicted molar refractivity (Wildman–Crippen MR) is 113 cm³/mol. The lowest BCUT2D eigenvalue weighted by Gasteiger charge is -2.06. The van der Waals surface area contributed by atoms with Crippen molar-refractivity contribution >= 4 is 23.7 Å². The van der Waals surface area contributed by atoms with Gasteiger partial charge in [-0.2, -0.15) is 5.10 Å². The molecular weight excluding hydrogens is 382 g/mol. The van der Waals surface area contributed by atoms with Crippen LogP contribution in [-0.2, 0) is 0 Å². The summed E-state index contributed by atoms with van der Waals surface area (Å²) in [7, 11) is 0. The molecule has 0 aromatic heterocycles. The van der Waals surface area contributed by atoms with Crippen molar-refractivity contribution < 1.29 is 19.1 Å². The number of benzene rings is 3. The van der Waals surface area contributed by atoms with Crippen LogP contribution < -0.4 is 20.2 Å². The smallest absolute Gasteiger partial charge is 0.271 e. The third kappa shape index (κ3) is 4.47. The molecule has 30 heavy (non-hydrogen) atoms. The maximum absolute atomic E-state index is 12.3. The summed E-state index contributed by atoms with van der Waals surface area (Å²) in [5.74, 6) is 0.767. The summed E-state index contributed by atoms with van der Waals surface area (Å²) in [5, 5.41) is 6.78. The first-order valence-corrected chi connectivity index (χ1v) is 9.30. The molecule has 0 saturated carbocycles. The van der Waals surface area contributed by atoms with Gasteiger partial charge in [0.05, 0.1) is 6.21 Å². The first kappa shape index (κ1) is 19.2. The van der Waals surface area contributed by atoms with Crippen molar-refractivity contribution in [2.24, 2.45) is 5.10 Å². The van der Waals surface area contributed by atoms with Crippen LogP contribution in [0.1, 0.15) is 31.8 Å². The minimum Gasteiger partial charge on any atom is -0.454 e. The molecule has 0 unspecified atom stereocenters. The van der Waals surface area contributed by atoms with Crippen LogP contribution in [0.3, 0.4) is 0 Å². The van der Waals surface area contributed by atoms with Crippen LogP contribution in [0.4, 0.5) is 5.69 Å². The maximum atomic E-state index is 12.3. The number of carbonyl (C=O) groups excluding carboxylic acids is 2. The van der Waals surface area contributed by atoms with E-state index in [1.165, 1.54) is 6.21 Å². The SMILES string of the molecule is Cc1ccc(C(=O)Nc2ccc(C(=O)NN=Cc3ccc4c(c3)OCO4)cc2)cc1. The largest absolute Gasteiger partial charge is 0.454 e. The third-order valence-corrected chi connectivity index (χ3v) is 4.50. The second-order valence-electron chi connectivity index (χ2n) is 6.71. The van der Waals surface area contributed by atoms with E-state index in [0.717, 1.165) is 11.1 Å². The topological polar surface area (TPSA) is 89.0 Å². The normalized spacial score (nSPS) is 12.0. The third-order valence-electron chi connectivity index (χ3n) is 4.50. The summed E-state index contributed by atoms with van der Waals surface area (Å²) < 4.78 is 10.6. The number of rotatable bonds is 5. The Morgan fingerprint density at radius 1 is 0.867 bits per heavy atom. The molecular formula is C23H19N3O4. The molecule has 150 valence electrons. The summed E-state index contributed by atoms with van der Waals surface area (Å²) in [6.07, 6.45) is 1.52. The molecule has 7 heteroatoms. The number of hydrazone groups is 1. The van der Waals surface area contributed by atoms with Gasteiger partial charge in [-0.3, -0.25) is 9.59 Å². The number of carbonyl (C=O) groups is 2. The number of fused-ring (bicyclic) bond motifs is 1. The van der Waals surface area contributed by atoms with Gasteiger partial charge in [0.1, 0.15) is 0 Å². The monoisotopic (exact) mass is 401 g/mol. The minimum atomic E-state index is -0.358. The lowest BCUT2D eigenvalue weighted by molar-refractivity contribution is 0.0954. The molecule has 1 heterocycles. The summed E-state index contributed by atoms with van der Waals surface area (Å²) in [6.45, 7) is 2.17. The minimum absolute atomic E-state index is 0.203. The van der Waals surface area contributed by atoms with Crippen LogP contribution in [0.15, 0.2) is 71.8 Å². The van der Waals surface area contributed by atoms with Gasteiger partial charge in [-0.25, -0.2) is 5.43 Å². The highest BCUT2D eigenvalue weighted by atomic mass is 16.7. The zero-order valence-electron chi connectivity index (χ0n) is 16.2. The molecule has 0 atom stereocenters. The van der Waals surface area contributed by atoms with Crippen LogP contribution in [0.25, 0.3) is 0 Å². The highest BCUT2D eigenvalue weighted by Gasteiger charge is 2.12. The lowest BCUT2D eigenvalue weighted by Crippen LogP contribution is -2.17. The number of nitrogens with one attached hydrogen (secondary N) is 2. The molecule has 0 spiro atoms. The first-order valence-electron chi connectivity index (χ1n) is 9.30. The Bertz CT molecular complexity index is 1110. The summed E-state index contributed by atoms with van der Waals surface area (Å²) in [4.78, 5) is 24.5. The molecule has 0 aliphatic carbocycles. The Morgan fingerprint density at radius 2 is 1.53 bits per heavy atom. The Morgan fingerprint density at radius 3 is 2.30 bits per heavy atom. The van der Waals surface area contributed by atoms with Crippen molar-refractivity contribution in [2.45, 2.75) is 6.92 Å². The van der Waals surface area contributed by atoms with Crippen LogP contribution in [0, 0.1) is 6.92 Å². The van der Waals surface area contributed by atoms with Crippen LogP contribution >= 0.6 is 0 Å². The quantitative estimate of drug-likeness (QED) is 0.504. The second-order valence-corrected chi connectivity index (χ2v) is 6.71. The van der Waals surface area contributed by atoms with Crippen molar-refractivity contribution in [3.8, 4) is 11.5 Å². The predicted octanol–water partition coefficient (Wildman–Crippen LogP) is 3.74. The number of aryl methyl sites for hydroxylation is 1. The molecule has 1 aliphatic heterocycles. The van der Waals surface area contributed by atoms with Crippen molar-refractivity contribution in [1.82, 2.24) is 5.43 Å². The van der Waals surface area contributed by atoms with Gasteiger partial charge in [0.25, 0.3) is 11.8 Å². The molecule has 3 aromatic rings. The molecule has 0 radical (unpaired) electrons. The van der Waals surface area contributed by atoms with E-state index in [9.17, 15) is 9.59 Å². The summed E-state index contributed by atoms with van der Waals surface area (Å²) in [6, 6.07) is 19.3. The standard InChI is InChI=1S/C23H19N3O4/c1-15-2-5-17(6-3-15)22(27)25-19-9-7-18(8-10-19)23(28)26-24-13-16-4-11-20-21(12-16)30-14-29-20/h2-13H,14H2,1H3,(H,25,27)(H,26,28). The van der Waals surface area contributed by atoms with E-state index in [1.54, 1.807) is 48.5 Å². The highest BCUT2D eigenvalue weighted by Crippen LogP contribution is 2.31. The number of nitrogens with zero attached hydrogens (tertiary/aromatic N) is 1. The Kier molecular flexibility index (Phi) is 5.43. The van der Waals surface area contributed by atoms with Gasteiger partial charge >= 0.3 is 0 Å². The number of amides is 2. The fourth-order valence-electron chi connectivity index (χ4n) is 2.84. The fraction of sp³-hybridized carbons (Fsp3) is 0.0870. The van der Waals surface area contributed by atoms with E-state index in [-0.39, 0.29) is 18.6 Å². The molecule has 0 bridgehead atoms. The number of ether oxygens (including phenoxy) is 2. The summed E-state index contributed by atoms with van der Waals surface area (Å²) in [5.41, 5.74) is 5.93. The molecule has 0 saturated heterocycles. The molecule has 1 aliphatic rings. The van der Waals surface area contributed by atoms with Crippen molar-refractivity contribution in [3.63, 3.8) is 0 Å². The van der Waals surface area contributed by atoms with Gasteiger partial charge < -0.3 is 14.8 Å². The van der Waals surface area contributed by atoms with Gasteiger partial charge in [0.2, 0.25) is 6.79 Å². The van der Waals surface area contributed by atoms with E-state index < -0.39 is 0 Å². The Labute approximate surface area is 173 Å². The van der Waals surface area contributed by atoms with E-state index in [2.05, 4.69) is 15.8 Å². The van der Waals surface area contributed by atoms with Gasteiger partial charge in [-0.1, -0.05) is 17.7 Å². The zero-order valence-corrected chi connectivity index (χ0v) is 16.2. The van der Waals surface area contributed by atoms with E-state index >= 15 is 0 Å². The second kappa shape index (κ2) is 8.48. The van der Waals surface area contributed by atoms with E-state index in [0.29, 0.717) is 28.3 Å². The highest BCUT2D eigenvalue weighted by molar-refractivity contribution is 6.04. The average molecular weight is 401 g/mol. The molecule has 4 rings (SSSR count). The van der Waals surface area contributed by atoms with Gasteiger partial charge in [0, 0.05) is 16.8 Å². The molecule has 2 N–H and O–H groups in total. The number of anilines is 1. The molecule has 0 fully saturated rings. The first-order chi connectivity index (χ1) is 14.6. The Balaban J connectivity index is 1.33. The Hall–Kier alpha value is -4.13. The van der Waals surface area contributed by atoms with E-state index in [4.69, 9.17) is 9.47 Å². The zero-order chi connectivity index (χ0) is 20.9. The molecule has 3 aromatic carbocycles. The maximum Gasteiger partial charge on any atom is 0.271 e. The average Bonchev–Trinajstić information content (AvgIpc) is 3.22. The number of hydrogen-bond acceptors (Lipinski definition) is 5. The molecule has 2 amide bonds. The lowest BCUT2D eigenvalue weighted by atomic mass is 10.1. The molecule has 7 nitrogen and oxygen atoms in total. The van der Waals surface area contributed by atoms with Crippen LogP contribution in [0.2, 0.25) is 0 Å². The summed E-state index contributed by atoms with van der Waals surface area (Å²) >= 11 is 0. The number of hydrogen-bond donors (Lipinski definition) is 2. The van der Waals surface area contributed by atoms with E-state index in [1.807, 2.05) is 25.1 Å².